The van der Waals surface area contributed by atoms with Crippen LogP contribution in [0.15, 0.2) is 33.3 Å². The van der Waals surface area contributed by atoms with Gasteiger partial charge in [0.2, 0.25) is 23.1 Å². The van der Waals surface area contributed by atoms with E-state index in [0.717, 1.165) is 0 Å². The largest absolute Gasteiger partial charge is 0.449 e. The minimum absolute atomic E-state index is 0.194. The third-order valence-corrected chi connectivity index (χ3v) is 4.77. The van der Waals surface area contributed by atoms with Gasteiger partial charge in [0.15, 0.2) is 23.0 Å². The van der Waals surface area contributed by atoms with Gasteiger partial charge in [-0.05, 0) is 0 Å². The molecule has 1 aromatic rings. The Bertz CT molecular complexity index is 1040. The smallest absolute Gasteiger partial charge is 0.246 e. The number of allylic oxidation sites excluding steroid dienone is 4. The fraction of sp³-hybridized carbons (Fsp3) is 0.333. The number of nitriles is 2. The van der Waals surface area contributed by atoms with Crippen molar-refractivity contribution in [2.24, 2.45) is 0 Å². The predicted molar refractivity (Wildman–Crippen MR) is 121 cm³/mol. The highest BCUT2D eigenvalue weighted by Crippen LogP contribution is 2.50. The van der Waals surface area contributed by atoms with Crippen molar-refractivity contribution in [2.45, 2.75) is 39.3 Å². The Morgan fingerprint density at radius 2 is 0.970 bits per heavy atom. The summed E-state index contributed by atoms with van der Waals surface area (Å²) >= 11 is 20.3. The van der Waals surface area contributed by atoms with Crippen LogP contribution in [0, 0.1) is 22.7 Å². The van der Waals surface area contributed by atoms with E-state index in [2.05, 4.69) is 0 Å². The van der Waals surface area contributed by atoms with Crippen molar-refractivity contribution >= 4 is 58.0 Å². The van der Waals surface area contributed by atoms with Crippen LogP contribution >= 0.6 is 46.4 Å². The van der Waals surface area contributed by atoms with E-state index in [9.17, 15) is 9.59 Å². The van der Waals surface area contributed by atoms with Crippen molar-refractivity contribution in [1.82, 2.24) is 0 Å². The molecule has 0 spiro atoms. The van der Waals surface area contributed by atoms with Gasteiger partial charge in [0.1, 0.15) is 33.3 Å². The molecule has 3 aliphatic rings. The van der Waals surface area contributed by atoms with E-state index in [0.29, 0.717) is 23.0 Å². The number of ketones is 2. The topological polar surface area (TPSA) is 119 Å². The highest BCUT2D eigenvalue weighted by atomic mass is 35.5. The number of carbonyl (C=O) groups excluding carboxylic acids is 2. The van der Waals surface area contributed by atoms with Gasteiger partial charge in [0, 0.05) is 39.8 Å². The Hall–Kier alpha value is -2.62. The maximum Gasteiger partial charge on any atom is 0.246 e. The Morgan fingerprint density at radius 3 is 1.18 bits per heavy atom. The molecule has 2 heterocycles. The number of halogens is 4. The summed E-state index contributed by atoms with van der Waals surface area (Å²) in [7, 11) is 0. The molecule has 12 heteroatoms. The number of hydrogen-bond donors (Lipinski definition) is 0. The average molecular weight is 534 g/mol. The zero-order valence-corrected chi connectivity index (χ0v) is 20.7. The maximum atomic E-state index is 11.2. The fourth-order valence-corrected chi connectivity index (χ4v) is 3.16. The van der Waals surface area contributed by atoms with Crippen LogP contribution < -0.4 is 18.9 Å². The molecule has 0 fully saturated rings. The molecular formula is C21H16Cl4N2O6. The molecule has 0 aromatic heterocycles. The van der Waals surface area contributed by atoms with Crippen LogP contribution in [-0.2, 0) is 9.59 Å². The number of fused-ring (bicyclic) bond motifs is 2. The van der Waals surface area contributed by atoms with Gasteiger partial charge in [0.05, 0.1) is 5.34 Å². The zero-order chi connectivity index (χ0) is 25.1. The summed E-state index contributed by atoms with van der Waals surface area (Å²) in [5.41, 5.74) is -1.13. The van der Waals surface area contributed by atoms with Crippen LogP contribution in [0.25, 0.3) is 0 Å². The van der Waals surface area contributed by atoms with Crippen molar-refractivity contribution in [2.75, 3.05) is 5.34 Å². The first-order valence-corrected chi connectivity index (χ1v) is 10.9. The quantitative estimate of drug-likeness (QED) is 0.325. The Balaban J connectivity index is 0.000000211. The van der Waals surface area contributed by atoms with Gasteiger partial charge in [0.25, 0.3) is 0 Å². The summed E-state index contributed by atoms with van der Waals surface area (Å²) in [4.78, 5) is 22.4. The van der Waals surface area contributed by atoms with Crippen molar-refractivity contribution in [3.05, 3.63) is 33.3 Å². The summed E-state index contributed by atoms with van der Waals surface area (Å²) in [5, 5.41) is 16.2. The number of alkyl halides is 2. The molecule has 0 saturated heterocycles. The lowest BCUT2D eigenvalue weighted by Crippen LogP contribution is -2.30. The molecule has 2 aliphatic heterocycles. The molecular weight excluding hydrogens is 518 g/mol. The molecule has 1 aromatic carbocycles. The van der Waals surface area contributed by atoms with E-state index in [4.69, 9.17) is 75.9 Å². The minimum atomic E-state index is -0.893. The second kappa shape index (κ2) is 10.1. The molecule has 0 radical (unpaired) electrons. The number of rotatable bonds is 0. The monoisotopic (exact) mass is 532 g/mol. The summed E-state index contributed by atoms with van der Waals surface area (Å²) < 4.78 is 22.5. The molecule has 1 aliphatic carbocycles. The number of hydrogen-bond acceptors (Lipinski definition) is 8. The first kappa shape index (κ1) is 26.6. The Labute approximate surface area is 209 Å². The van der Waals surface area contributed by atoms with Crippen LogP contribution in [0.5, 0.6) is 23.0 Å². The molecule has 174 valence electrons. The first-order valence-electron chi connectivity index (χ1n) is 9.06. The van der Waals surface area contributed by atoms with Crippen LogP contribution in [-0.4, -0.2) is 28.5 Å². The maximum absolute atomic E-state index is 11.2. The van der Waals surface area contributed by atoms with Gasteiger partial charge in [-0.15, -0.1) is 23.2 Å². The fourth-order valence-electron chi connectivity index (χ4n) is 2.80. The standard InChI is InChI=1S/C12H14O4.C8Cl2N2O2.CH2Cl2/c1-11(2)13-7-5-9-10(6-8(7)14-11)16-12(3,4)15-9;9-5-6(10)8(14)4(2-12)3(1-11)7(5)13;2-1-3/h5-6H,1-4H3;;1H2. The molecule has 0 unspecified atom stereocenters. The van der Waals surface area contributed by atoms with Crippen molar-refractivity contribution < 1.29 is 28.5 Å². The van der Waals surface area contributed by atoms with Crippen molar-refractivity contribution in [3.8, 4) is 35.1 Å². The highest BCUT2D eigenvalue weighted by molar-refractivity contribution is 6.59. The van der Waals surface area contributed by atoms with Gasteiger partial charge < -0.3 is 18.9 Å². The molecule has 0 saturated carbocycles. The SMILES string of the molecule is CC1(C)Oc2cc3c(cc2O1)OC(C)(C)O3.ClCCl.N#CC1=C(C#N)C(=O)C(Cl)=C(Cl)C1=O. The van der Waals surface area contributed by atoms with Crippen molar-refractivity contribution in [1.29, 1.82) is 10.5 Å². The van der Waals surface area contributed by atoms with Crippen LogP contribution in [0.1, 0.15) is 27.7 Å². The first-order chi connectivity index (χ1) is 15.3. The molecule has 0 atom stereocenters. The van der Waals surface area contributed by atoms with Gasteiger partial charge in [-0.3, -0.25) is 9.59 Å². The highest BCUT2D eigenvalue weighted by Gasteiger charge is 2.38. The third-order valence-electron chi connectivity index (χ3n) is 3.95. The molecule has 0 N–H and O–H groups in total. The Morgan fingerprint density at radius 1 is 0.727 bits per heavy atom. The molecule has 0 amide bonds. The number of ether oxygens (including phenoxy) is 4. The van der Waals surface area contributed by atoms with Crippen LogP contribution in [0.3, 0.4) is 0 Å². The molecule has 33 heavy (non-hydrogen) atoms. The lowest BCUT2D eigenvalue weighted by Gasteiger charge is -2.17. The van der Waals surface area contributed by atoms with Crippen molar-refractivity contribution in [3.63, 3.8) is 0 Å². The van der Waals surface area contributed by atoms with E-state index in [1.54, 1.807) is 0 Å². The lowest BCUT2D eigenvalue weighted by atomic mass is 9.96. The van der Waals surface area contributed by atoms with E-state index in [1.165, 1.54) is 12.1 Å². The number of benzene rings is 1. The minimum Gasteiger partial charge on any atom is -0.449 e. The number of Topliss-reactive ketones (excluding diaryl/α,β-unsaturated/α-hetero) is 2. The van der Waals surface area contributed by atoms with Gasteiger partial charge in [-0.2, -0.15) is 10.5 Å². The van der Waals surface area contributed by atoms with E-state index in [-0.39, 0.29) is 5.34 Å². The third kappa shape index (κ3) is 5.85. The second-order valence-electron chi connectivity index (χ2n) is 7.31. The predicted octanol–water partition coefficient (Wildman–Crippen LogP) is 5.29. The van der Waals surface area contributed by atoms with Crippen LogP contribution in [0.4, 0.5) is 0 Å². The summed E-state index contributed by atoms with van der Waals surface area (Å²) in [6.45, 7) is 7.46. The normalized spacial score (nSPS) is 18.5. The van der Waals surface area contributed by atoms with E-state index < -0.39 is 44.4 Å². The molecule has 8 nitrogen and oxygen atoms in total. The summed E-state index contributed by atoms with van der Waals surface area (Å²) in [5.74, 6) is -0.226. The summed E-state index contributed by atoms with van der Waals surface area (Å²) in [6.07, 6.45) is 0. The lowest BCUT2D eigenvalue weighted by molar-refractivity contribution is -0.115. The number of nitrogens with zero attached hydrogens (tertiary/aromatic N) is 2. The second-order valence-corrected chi connectivity index (χ2v) is 8.88. The molecule has 0 bridgehead atoms. The van der Waals surface area contributed by atoms with Gasteiger partial charge >= 0.3 is 0 Å². The summed E-state index contributed by atoms with van der Waals surface area (Å²) in [6, 6.07) is 6.52. The van der Waals surface area contributed by atoms with E-state index >= 15 is 0 Å². The van der Waals surface area contributed by atoms with Gasteiger partial charge in [-0.1, -0.05) is 23.2 Å². The average Bonchev–Trinajstić information content (AvgIpc) is 3.18. The van der Waals surface area contributed by atoms with Gasteiger partial charge in [-0.25, -0.2) is 0 Å². The van der Waals surface area contributed by atoms with Crippen LogP contribution in [0.2, 0.25) is 0 Å². The molecule has 4 rings (SSSR count). The van der Waals surface area contributed by atoms with E-state index in [1.807, 2.05) is 39.8 Å². The Kier molecular flexibility index (Phi) is 8.16. The zero-order valence-electron chi connectivity index (χ0n) is 17.7. The number of carbonyl (C=O) groups is 2.